The average Bonchev–Trinajstić information content (AvgIpc) is 2.65. The van der Waals surface area contributed by atoms with Gasteiger partial charge >= 0.3 is 0 Å². The Kier molecular flexibility index (Phi) is 8.00. The van der Waals surface area contributed by atoms with E-state index in [1.165, 1.54) is 0 Å². The molecule has 0 heterocycles. The Hall–Kier alpha value is -2.18. The van der Waals surface area contributed by atoms with E-state index < -0.39 is 16.1 Å². The van der Waals surface area contributed by atoms with Gasteiger partial charge in [0.25, 0.3) is 0 Å². The summed E-state index contributed by atoms with van der Waals surface area (Å²) in [6.45, 7) is 4.62. The Balaban J connectivity index is 2.13. The minimum absolute atomic E-state index is 0.0568. The molecule has 0 aromatic heterocycles. The van der Waals surface area contributed by atoms with E-state index in [4.69, 9.17) is 0 Å². The molecule has 2 aromatic rings. The van der Waals surface area contributed by atoms with Crippen LogP contribution in [0, 0.1) is 6.92 Å². The Morgan fingerprint density at radius 2 is 1.67 bits per heavy atom. The quantitative estimate of drug-likeness (QED) is 0.609. The van der Waals surface area contributed by atoms with E-state index in [1.54, 1.807) is 24.3 Å². The SMILES string of the molecule is CCCCCNC(=O)C[C@@H](NS(=O)(=O)c1ccc(C)cc1)c1ccccc1. The van der Waals surface area contributed by atoms with Crippen LogP contribution in [-0.4, -0.2) is 20.9 Å². The molecule has 0 spiro atoms. The van der Waals surface area contributed by atoms with Gasteiger partial charge in [0.05, 0.1) is 10.9 Å². The minimum Gasteiger partial charge on any atom is -0.356 e. The van der Waals surface area contributed by atoms with Crippen LogP contribution >= 0.6 is 0 Å². The molecular formula is C21H28N2O3S. The van der Waals surface area contributed by atoms with Gasteiger partial charge in [-0.25, -0.2) is 13.1 Å². The lowest BCUT2D eigenvalue weighted by Crippen LogP contribution is -2.34. The number of aryl methyl sites for hydroxylation is 1. The van der Waals surface area contributed by atoms with Crippen molar-refractivity contribution in [3.8, 4) is 0 Å². The molecule has 0 aliphatic carbocycles. The van der Waals surface area contributed by atoms with E-state index in [0.717, 1.165) is 30.4 Å². The van der Waals surface area contributed by atoms with Crippen molar-refractivity contribution in [2.75, 3.05) is 6.54 Å². The van der Waals surface area contributed by atoms with Crippen molar-refractivity contribution in [1.29, 1.82) is 0 Å². The minimum atomic E-state index is -3.73. The van der Waals surface area contributed by atoms with Gasteiger partial charge in [-0.3, -0.25) is 4.79 Å². The van der Waals surface area contributed by atoms with Crippen LogP contribution in [0.3, 0.4) is 0 Å². The van der Waals surface area contributed by atoms with Gasteiger partial charge in [0.1, 0.15) is 0 Å². The van der Waals surface area contributed by atoms with Crippen molar-refractivity contribution >= 4 is 15.9 Å². The van der Waals surface area contributed by atoms with Crippen molar-refractivity contribution in [3.05, 3.63) is 65.7 Å². The van der Waals surface area contributed by atoms with Gasteiger partial charge < -0.3 is 5.32 Å². The van der Waals surface area contributed by atoms with Crippen molar-refractivity contribution in [2.24, 2.45) is 0 Å². The number of amides is 1. The first-order valence-corrected chi connectivity index (χ1v) is 10.8. The van der Waals surface area contributed by atoms with Gasteiger partial charge in [-0.05, 0) is 31.0 Å². The lowest BCUT2D eigenvalue weighted by Gasteiger charge is -2.19. The highest BCUT2D eigenvalue weighted by Gasteiger charge is 2.23. The normalized spacial score (nSPS) is 12.5. The molecule has 0 fully saturated rings. The molecule has 5 nitrogen and oxygen atoms in total. The lowest BCUT2D eigenvalue weighted by molar-refractivity contribution is -0.121. The number of carbonyl (C=O) groups is 1. The fourth-order valence-corrected chi connectivity index (χ4v) is 3.97. The smallest absolute Gasteiger partial charge is 0.241 e. The second-order valence-electron chi connectivity index (χ2n) is 6.66. The maximum Gasteiger partial charge on any atom is 0.241 e. The largest absolute Gasteiger partial charge is 0.356 e. The molecule has 0 radical (unpaired) electrons. The predicted molar refractivity (Wildman–Crippen MR) is 108 cm³/mol. The highest BCUT2D eigenvalue weighted by molar-refractivity contribution is 7.89. The molecule has 0 aliphatic heterocycles. The molecule has 1 amide bonds. The summed E-state index contributed by atoms with van der Waals surface area (Å²) in [6, 6.07) is 15.2. The average molecular weight is 389 g/mol. The molecule has 1 atom stereocenters. The van der Waals surface area contributed by atoms with Crippen molar-refractivity contribution in [1.82, 2.24) is 10.0 Å². The first kappa shape index (κ1) is 21.1. The monoisotopic (exact) mass is 388 g/mol. The van der Waals surface area contributed by atoms with Crippen molar-refractivity contribution < 1.29 is 13.2 Å². The summed E-state index contributed by atoms with van der Waals surface area (Å²) in [6.07, 6.45) is 3.12. The first-order chi connectivity index (χ1) is 12.9. The number of unbranched alkanes of at least 4 members (excludes halogenated alkanes) is 2. The molecule has 0 saturated heterocycles. The van der Waals surface area contributed by atoms with Crippen LogP contribution in [0.25, 0.3) is 0 Å². The second-order valence-corrected chi connectivity index (χ2v) is 8.37. The van der Waals surface area contributed by atoms with Gasteiger partial charge in [-0.15, -0.1) is 0 Å². The fraction of sp³-hybridized carbons (Fsp3) is 0.381. The highest BCUT2D eigenvalue weighted by atomic mass is 32.2. The zero-order valence-electron chi connectivity index (χ0n) is 15.9. The zero-order valence-corrected chi connectivity index (χ0v) is 16.8. The lowest BCUT2D eigenvalue weighted by atomic mass is 10.0. The molecule has 2 N–H and O–H groups in total. The molecule has 0 saturated carbocycles. The number of sulfonamides is 1. The van der Waals surface area contributed by atoms with E-state index in [1.807, 2.05) is 37.3 Å². The van der Waals surface area contributed by atoms with Gasteiger partial charge in [0.2, 0.25) is 15.9 Å². The summed E-state index contributed by atoms with van der Waals surface area (Å²) in [4.78, 5) is 12.5. The van der Waals surface area contributed by atoms with E-state index in [9.17, 15) is 13.2 Å². The number of hydrogen-bond donors (Lipinski definition) is 2. The Morgan fingerprint density at radius 1 is 1.00 bits per heavy atom. The summed E-state index contributed by atoms with van der Waals surface area (Å²) in [5.41, 5.74) is 1.75. The van der Waals surface area contributed by atoms with E-state index in [0.29, 0.717) is 6.54 Å². The predicted octanol–water partition coefficient (Wildman–Crippen LogP) is 3.71. The van der Waals surface area contributed by atoms with Crippen LogP contribution in [0.4, 0.5) is 0 Å². The molecular weight excluding hydrogens is 360 g/mol. The second kappa shape index (κ2) is 10.2. The number of benzene rings is 2. The Labute approximate surface area is 162 Å². The van der Waals surface area contributed by atoms with Crippen molar-refractivity contribution in [2.45, 2.75) is 50.5 Å². The molecule has 146 valence electrons. The summed E-state index contributed by atoms with van der Waals surface area (Å²) in [7, 11) is -3.73. The van der Waals surface area contributed by atoms with Crippen LogP contribution in [0.15, 0.2) is 59.5 Å². The summed E-state index contributed by atoms with van der Waals surface area (Å²) < 4.78 is 28.2. The van der Waals surface area contributed by atoms with Crippen LogP contribution < -0.4 is 10.0 Å². The molecule has 6 heteroatoms. The molecule has 0 bridgehead atoms. The van der Waals surface area contributed by atoms with Crippen LogP contribution in [-0.2, 0) is 14.8 Å². The Morgan fingerprint density at radius 3 is 2.30 bits per heavy atom. The van der Waals surface area contributed by atoms with Gasteiger partial charge in [0.15, 0.2) is 0 Å². The third kappa shape index (κ3) is 6.81. The maximum atomic E-state index is 12.8. The molecule has 27 heavy (non-hydrogen) atoms. The third-order valence-electron chi connectivity index (χ3n) is 4.32. The zero-order chi connectivity index (χ0) is 19.7. The topological polar surface area (TPSA) is 75.3 Å². The van der Waals surface area contributed by atoms with E-state index >= 15 is 0 Å². The molecule has 2 rings (SSSR count). The fourth-order valence-electron chi connectivity index (χ4n) is 2.75. The van der Waals surface area contributed by atoms with Gasteiger partial charge in [-0.2, -0.15) is 0 Å². The number of hydrogen-bond acceptors (Lipinski definition) is 3. The van der Waals surface area contributed by atoms with Crippen LogP contribution in [0.2, 0.25) is 0 Å². The molecule has 2 aromatic carbocycles. The van der Waals surface area contributed by atoms with E-state index in [-0.39, 0.29) is 17.2 Å². The summed E-state index contributed by atoms with van der Waals surface area (Å²) in [5.74, 6) is -0.161. The summed E-state index contributed by atoms with van der Waals surface area (Å²) in [5, 5.41) is 2.88. The summed E-state index contributed by atoms with van der Waals surface area (Å²) >= 11 is 0. The molecule has 0 aliphatic rings. The Bertz CT molecular complexity index is 818. The maximum absolute atomic E-state index is 12.8. The first-order valence-electron chi connectivity index (χ1n) is 9.33. The van der Waals surface area contributed by atoms with Crippen molar-refractivity contribution in [3.63, 3.8) is 0 Å². The highest BCUT2D eigenvalue weighted by Crippen LogP contribution is 2.20. The van der Waals surface area contributed by atoms with Crippen LogP contribution in [0.1, 0.15) is 49.8 Å². The number of nitrogens with one attached hydrogen (secondary N) is 2. The number of rotatable bonds is 10. The van der Waals surface area contributed by atoms with Crippen LogP contribution in [0.5, 0.6) is 0 Å². The number of carbonyl (C=O) groups excluding carboxylic acids is 1. The van der Waals surface area contributed by atoms with Gasteiger partial charge in [-0.1, -0.05) is 67.8 Å². The third-order valence-corrected chi connectivity index (χ3v) is 5.81. The van der Waals surface area contributed by atoms with Gasteiger partial charge in [0, 0.05) is 13.0 Å². The standard InChI is InChI=1S/C21H28N2O3S/c1-3-4-8-15-22-21(24)16-20(18-9-6-5-7-10-18)23-27(25,26)19-13-11-17(2)12-14-19/h5-7,9-14,20,23H,3-4,8,15-16H2,1-2H3,(H,22,24)/t20-/m1/s1. The van der Waals surface area contributed by atoms with E-state index in [2.05, 4.69) is 17.0 Å². The molecule has 0 unspecified atom stereocenters.